The minimum Gasteiger partial charge on any atom is -0.268 e. The standard InChI is InChI=1S/C17H12N2O/c1-11-10-14-13-8-5-9-18-16(13)19(17(20)15(11)14)12-6-3-2-4-7-12/h2-10H,1H3. The molecule has 2 heterocycles. The van der Waals surface area contributed by atoms with E-state index in [4.69, 9.17) is 0 Å². The number of aromatic nitrogens is 2. The van der Waals surface area contributed by atoms with Crippen LogP contribution in [0.2, 0.25) is 0 Å². The van der Waals surface area contributed by atoms with E-state index < -0.39 is 0 Å². The van der Waals surface area contributed by atoms with Crippen LogP contribution in [0.1, 0.15) is 18.1 Å². The summed E-state index contributed by atoms with van der Waals surface area (Å²) in [5.74, 6) is 0. The Morgan fingerprint density at radius 1 is 1.05 bits per heavy atom. The first-order valence-electron chi connectivity index (χ1n) is 6.55. The predicted molar refractivity (Wildman–Crippen MR) is 80.9 cm³/mol. The lowest BCUT2D eigenvalue weighted by Gasteiger charge is -2.21. The molecule has 3 nitrogen and oxygen atoms in total. The lowest BCUT2D eigenvalue weighted by molar-refractivity contribution is 1.00. The van der Waals surface area contributed by atoms with Crippen LogP contribution in [0.25, 0.3) is 28.4 Å². The number of nitrogens with zero attached hydrogens (tertiary/aromatic N) is 2. The molecule has 1 aromatic carbocycles. The fourth-order valence-corrected chi connectivity index (χ4v) is 2.80. The molecular weight excluding hydrogens is 248 g/mol. The molecule has 0 saturated heterocycles. The van der Waals surface area contributed by atoms with Gasteiger partial charge >= 0.3 is 0 Å². The molecule has 3 aromatic rings. The summed E-state index contributed by atoms with van der Waals surface area (Å²) < 4.78 is 1.70. The Hall–Kier alpha value is -2.68. The highest BCUT2D eigenvalue weighted by molar-refractivity contribution is 6.04. The van der Waals surface area contributed by atoms with Crippen LogP contribution in [-0.4, -0.2) is 9.55 Å². The van der Waals surface area contributed by atoms with Gasteiger partial charge in [0.15, 0.2) is 0 Å². The molecule has 2 aromatic heterocycles. The maximum absolute atomic E-state index is 12.7. The molecule has 0 fully saturated rings. The summed E-state index contributed by atoms with van der Waals surface area (Å²) in [5, 5.41) is 1.02. The molecular formula is C17H12N2O. The first-order chi connectivity index (χ1) is 9.77. The first-order valence-corrected chi connectivity index (χ1v) is 6.55. The van der Waals surface area contributed by atoms with E-state index in [0.717, 1.165) is 27.8 Å². The summed E-state index contributed by atoms with van der Waals surface area (Å²) in [5.41, 5.74) is 4.45. The zero-order valence-electron chi connectivity index (χ0n) is 11.0. The van der Waals surface area contributed by atoms with Gasteiger partial charge in [0, 0.05) is 11.6 Å². The molecule has 20 heavy (non-hydrogen) atoms. The van der Waals surface area contributed by atoms with Crippen LogP contribution < -0.4 is 5.56 Å². The van der Waals surface area contributed by atoms with Crippen molar-refractivity contribution < 1.29 is 0 Å². The van der Waals surface area contributed by atoms with Gasteiger partial charge in [-0.1, -0.05) is 18.2 Å². The van der Waals surface area contributed by atoms with E-state index in [9.17, 15) is 4.79 Å². The molecule has 96 valence electrons. The maximum atomic E-state index is 12.7. The number of hydrogen-bond donors (Lipinski definition) is 0. The summed E-state index contributed by atoms with van der Waals surface area (Å²) in [6.07, 6.45) is 3.78. The van der Waals surface area contributed by atoms with Crippen LogP contribution in [0.5, 0.6) is 0 Å². The molecule has 0 unspecified atom stereocenters. The van der Waals surface area contributed by atoms with Crippen molar-refractivity contribution in [1.82, 2.24) is 9.55 Å². The zero-order valence-corrected chi connectivity index (χ0v) is 11.0. The van der Waals surface area contributed by atoms with E-state index in [1.54, 1.807) is 10.8 Å². The lowest BCUT2D eigenvalue weighted by Crippen LogP contribution is -2.26. The van der Waals surface area contributed by atoms with E-state index in [0.29, 0.717) is 5.65 Å². The van der Waals surface area contributed by atoms with Crippen LogP contribution in [0.4, 0.5) is 0 Å². The third kappa shape index (κ3) is 1.35. The third-order valence-corrected chi connectivity index (χ3v) is 3.74. The van der Waals surface area contributed by atoms with Crippen molar-refractivity contribution in [3.63, 3.8) is 0 Å². The number of para-hydroxylation sites is 1. The highest BCUT2D eigenvalue weighted by Crippen LogP contribution is 2.34. The van der Waals surface area contributed by atoms with E-state index in [2.05, 4.69) is 11.1 Å². The highest BCUT2D eigenvalue weighted by atomic mass is 16.1. The van der Waals surface area contributed by atoms with Gasteiger partial charge in [-0.25, -0.2) is 4.98 Å². The van der Waals surface area contributed by atoms with Crippen molar-refractivity contribution in [2.45, 2.75) is 6.92 Å². The summed E-state index contributed by atoms with van der Waals surface area (Å²) in [7, 11) is 0. The molecule has 3 heteroatoms. The molecule has 0 amide bonds. The Kier molecular flexibility index (Phi) is 2.18. The van der Waals surface area contributed by atoms with Crippen molar-refractivity contribution in [2.75, 3.05) is 0 Å². The zero-order chi connectivity index (χ0) is 13.7. The third-order valence-electron chi connectivity index (χ3n) is 3.74. The van der Waals surface area contributed by atoms with Gasteiger partial charge in [-0.3, -0.25) is 9.36 Å². The van der Waals surface area contributed by atoms with Crippen LogP contribution in [0, 0.1) is 0 Å². The molecule has 0 spiro atoms. The van der Waals surface area contributed by atoms with Gasteiger partial charge in [-0.15, -0.1) is 0 Å². The second kappa shape index (κ2) is 3.90. The van der Waals surface area contributed by atoms with Gasteiger partial charge in [0.05, 0.1) is 11.3 Å². The number of pyridine rings is 2. The smallest absolute Gasteiger partial charge is 0.264 e. The molecule has 0 saturated carbocycles. The van der Waals surface area contributed by atoms with Gasteiger partial charge in [-0.2, -0.15) is 0 Å². The van der Waals surface area contributed by atoms with Crippen LogP contribution in [0.15, 0.2) is 53.5 Å². The fourth-order valence-electron chi connectivity index (χ4n) is 2.80. The second-order valence-electron chi connectivity index (χ2n) is 4.97. The highest BCUT2D eigenvalue weighted by Gasteiger charge is 2.23. The topological polar surface area (TPSA) is 34.9 Å². The van der Waals surface area contributed by atoms with E-state index >= 15 is 0 Å². The minimum atomic E-state index is 0.0115. The number of rotatable bonds is 1. The molecule has 0 N–H and O–H groups in total. The van der Waals surface area contributed by atoms with Gasteiger partial charge in [0.25, 0.3) is 5.56 Å². The average molecular weight is 260 g/mol. The summed E-state index contributed by atoms with van der Waals surface area (Å²) >= 11 is 0. The molecule has 1 aliphatic rings. The average Bonchev–Trinajstić information content (AvgIpc) is 2.46. The van der Waals surface area contributed by atoms with E-state index in [1.807, 2.05) is 49.4 Å². The molecule has 1 aliphatic carbocycles. The molecule has 0 atom stereocenters. The Morgan fingerprint density at radius 2 is 1.85 bits per heavy atom. The van der Waals surface area contributed by atoms with Gasteiger partial charge in [0.1, 0.15) is 5.65 Å². The summed E-state index contributed by atoms with van der Waals surface area (Å²) in [6.45, 7) is 1.97. The Balaban J connectivity index is 2.20. The van der Waals surface area contributed by atoms with Crippen molar-refractivity contribution in [2.24, 2.45) is 0 Å². The SMILES string of the molecule is CC1=Cc2c1c(=O)n(-c1ccccc1)c1ncccc21. The van der Waals surface area contributed by atoms with Crippen molar-refractivity contribution >= 4 is 22.7 Å². The molecule has 0 bridgehead atoms. The van der Waals surface area contributed by atoms with E-state index in [-0.39, 0.29) is 5.56 Å². The number of hydrogen-bond acceptors (Lipinski definition) is 2. The molecule has 4 rings (SSSR count). The monoisotopic (exact) mass is 260 g/mol. The fraction of sp³-hybridized carbons (Fsp3) is 0.0588. The van der Waals surface area contributed by atoms with Crippen molar-refractivity contribution in [3.05, 3.63) is 70.1 Å². The predicted octanol–water partition coefficient (Wildman–Crippen LogP) is 3.26. The molecule has 0 radical (unpaired) electrons. The normalized spacial score (nSPS) is 12.8. The van der Waals surface area contributed by atoms with Crippen molar-refractivity contribution in [3.8, 4) is 5.69 Å². The second-order valence-corrected chi connectivity index (χ2v) is 4.97. The van der Waals surface area contributed by atoms with Gasteiger partial charge < -0.3 is 0 Å². The van der Waals surface area contributed by atoms with Crippen LogP contribution in [-0.2, 0) is 0 Å². The quantitative estimate of drug-likeness (QED) is 0.673. The molecule has 0 aliphatic heterocycles. The number of fused-ring (bicyclic) bond motifs is 3. The Morgan fingerprint density at radius 3 is 2.60 bits per heavy atom. The Bertz CT molecular complexity index is 921. The Labute approximate surface area is 115 Å². The number of allylic oxidation sites excluding steroid dienone is 1. The maximum Gasteiger partial charge on any atom is 0.264 e. The summed E-state index contributed by atoms with van der Waals surface area (Å²) in [6, 6.07) is 13.6. The van der Waals surface area contributed by atoms with Crippen molar-refractivity contribution in [1.29, 1.82) is 0 Å². The van der Waals surface area contributed by atoms with Crippen LogP contribution in [0.3, 0.4) is 0 Å². The lowest BCUT2D eigenvalue weighted by atomic mass is 9.88. The van der Waals surface area contributed by atoms with Gasteiger partial charge in [-0.05, 0) is 48.4 Å². The minimum absolute atomic E-state index is 0.0115. The van der Waals surface area contributed by atoms with Crippen LogP contribution >= 0.6 is 0 Å². The van der Waals surface area contributed by atoms with E-state index in [1.165, 1.54) is 0 Å². The van der Waals surface area contributed by atoms with Gasteiger partial charge in [0.2, 0.25) is 0 Å². The largest absolute Gasteiger partial charge is 0.268 e. The first kappa shape index (κ1) is 11.2. The summed E-state index contributed by atoms with van der Waals surface area (Å²) in [4.78, 5) is 17.2. The number of benzene rings is 1.